The molecular formula is C11H9ClO3S. The van der Waals surface area contributed by atoms with Gasteiger partial charge < -0.3 is 4.74 Å². The lowest BCUT2D eigenvalue weighted by molar-refractivity contribution is -0.140. The van der Waals surface area contributed by atoms with E-state index in [1.807, 2.05) is 0 Å². The SMILES string of the molecule is COC(=O)C1SCC(=O)c2cc(Cl)ccc21. The summed E-state index contributed by atoms with van der Waals surface area (Å²) in [6.07, 6.45) is 0. The Morgan fingerprint density at radius 3 is 3.00 bits per heavy atom. The number of benzene rings is 1. The van der Waals surface area contributed by atoms with Crippen LogP contribution in [0.4, 0.5) is 0 Å². The smallest absolute Gasteiger partial charge is 0.323 e. The molecule has 1 aromatic carbocycles. The fourth-order valence-electron chi connectivity index (χ4n) is 1.63. The molecule has 1 unspecified atom stereocenters. The second-order valence-corrected chi connectivity index (χ2v) is 4.90. The Morgan fingerprint density at radius 2 is 2.31 bits per heavy atom. The molecular weight excluding hydrogens is 248 g/mol. The zero-order chi connectivity index (χ0) is 11.7. The summed E-state index contributed by atoms with van der Waals surface area (Å²) in [4.78, 5) is 23.2. The number of hydrogen-bond acceptors (Lipinski definition) is 4. The average molecular weight is 257 g/mol. The molecule has 2 rings (SSSR count). The number of hydrogen-bond donors (Lipinski definition) is 0. The van der Waals surface area contributed by atoms with E-state index < -0.39 is 5.25 Å². The third-order valence-electron chi connectivity index (χ3n) is 2.39. The lowest BCUT2D eigenvalue weighted by Crippen LogP contribution is -2.21. The number of carbonyl (C=O) groups is 2. The first kappa shape index (κ1) is 11.5. The molecule has 16 heavy (non-hydrogen) atoms. The minimum atomic E-state index is -0.421. The molecule has 1 aliphatic rings. The van der Waals surface area contributed by atoms with Crippen LogP contribution >= 0.6 is 23.4 Å². The fraction of sp³-hybridized carbons (Fsp3) is 0.273. The summed E-state index contributed by atoms with van der Waals surface area (Å²) < 4.78 is 4.71. The van der Waals surface area contributed by atoms with Crippen LogP contribution in [0.1, 0.15) is 21.2 Å². The van der Waals surface area contributed by atoms with Crippen LogP contribution < -0.4 is 0 Å². The van der Waals surface area contributed by atoms with Gasteiger partial charge in [0.05, 0.1) is 12.9 Å². The largest absolute Gasteiger partial charge is 0.468 e. The van der Waals surface area contributed by atoms with Gasteiger partial charge in [0.25, 0.3) is 0 Å². The number of thioether (sulfide) groups is 1. The Balaban J connectivity index is 2.48. The van der Waals surface area contributed by atoms with Crippen molar-refractivity contribution in [3.63, 3.8) is 0 Å². The van der Waals surface area contributed by atoms with Crippen molar-refractivity contribution in [2.45, 2.75) is 5.25 Å². The summed E-state index contributed by atoms with van der Waals surface area (Å²) in [5.74, 6) is -0.0451. The van der Waals surface area contributed by atoms with Crippen LogP contribution in [0.5, 0.6) is 0 Å². The first-order valence-corrected chi connectivity index (χ1v) is 6.08. The quantitative estimate of drug-likeness (QED) is 0.724. The Labute approximate surface area is 102 Å². The van der Waals surface area contributed by atoms with Crippen molar-refractivity contribution >= 4 is 35.1 Å². The number of halogens is 1. The number of esters is 1. The number of methoxy groups -OCH3 is 1. The monoisotopic (exact) mass is 256 g/mol. The maximum Gasteiger partial charge on any atom is 0.323 e. The van der Waals surface area contributed by atoms with Crippen molar-refractivity contribution in [1.29, 1.82) is 0 Å². The number of ketones is 1. The topological polar surface area (TPSA) is 43.4 Å². The van der Waals surface area contributed by atoms with E-state index in [1.54, 1.807) is 18.2 Å². The summed E-state index contributed by atoms with van der Waals surface area (Å²) in [6.45, 7) is 0. The molecule has 3 nitrogen and oxygen atoms in total. The molecule has 0 aromatic heterocycles. The van der Waals surface area contributed by atoms with Crippen LogP contribution in [-0.2, 0) is 9.53 Å². The molecule has 0 fully saturated rings. The van der Waals surface area contributed by atoms with Crippen LogP contribution in [0.25, 0.3) is 0 Å². The standard InChI is InChI=1S/C11H9ClO3S/c1-15-11(14)10-7-3-2-6(12)4-8(7)9(13)5-16-10/h2-4,10H,5H2,1H3. The molecule has 1 aliphatic heterocycles. The van der Waals surface area contributed by atoms with Gasteiger partial charge in [0.2, 0.25) is 0 Å². The van der Waals surface area contributed by atoms with Crippen LogP contribution in [0.2, 0.25) is 5.02 Å². The van der Waals surface area contributed by atoms with E-state index in [0.29, 0.717) is 16.1 Å². The molecule has 0 radical (unpaired) electrons. The second-order valence-electron chi connectivity index (χ2n) is 3.37. The summed E-state index contributed by atoms with van der Waals surface area (Å²) in [5.41, 5.74) is 1.22. The summed E-state index contributed by atoms with van der Waals surface area (Å²) in [5, 5.41) is 0.0811. The maximum atomic E-state index is 11.7. The van der Waals surface area contributed by atoms with Crippen molar-refractivity contribution < 1.29 is 14.3 Å². The summed E-state index contributed by atoms with van der Waals surface area (Å²) in [7, 11) is 1.34. The normalized spacial score (nSPS) is 19.1. The highest BCUT2D eigenvalue weighted by molar-refractivity contribution is 8.01. The zero-order valence-corrected chi connectivity index (χ0v) is 10.1. The van der Waals surface area contributed by atoms with Gasteiger partial charge >= 0.3 is 5.97 Å². The summed E-state index contributed by atoms with van der Waals surface area (Å²) in [6, 6.07) is 4.99. The van der Waals surface area contributed by atoms with E-state index in [1.165, 1.54) is 18.9 Å². The molecule has 1 heterocycles. The van der Waals surface area contributed by atoms with E-state index in [0.717, 1.165) is 0 Å². The first-order chi connectivity index (χ1) is 7.63. The molecule has 0 N–H and O–H groups in total. The highest BCUT2D eigenvalue weighted by atomic mass is 35.5. The van der Waals surface area contributed by atoms with E-state index in [4.69, 9.17) is 16.3 Å². The van der Waals surface area contributed by atoms with Gasteiger partial charge in [-0.3, -0.25) is 9.59 Å². The van der Waals surface area contributed by atoms with Gasteiger partial charge in [-0.05, 0) is 17.7 Å². The maximum absolute atomic E-state index is 11.7. The predicted molar refractivity (Wildman–Crippen MR) is 63.0 cm³/mol. The summed E-state index contributed by atoms with van der Waals surface area (Å²) >= 11 is 7.11. The molecule has 1 atom stereocenters. The van der Waals surface area contributed by atoms with E-state index in [2.05, 4.69) is 0 Å². The predicted octanol–water partition coefficient (Wildman–Crippen LogP) is 2.48. The molecule has 5 heteroatoms. The van der Waals surface area contributed by atoms with Crippen molar-refractivity contribution in [2.24, 2.45) is 0 Å². The lowest BCUT2D eigenvalue weighted by atomic mass is 10.0. The number of ether oxygens (including phenoxy) is 1. The Bertz CT molecular complexity index is 459. The highest BCUT2D eigenvalue weighted by Gasteiger charge is 2.31. The molecule has 0 aliphatic carbocycles. The van der Waals surface area contributed by atoms with Gasteiger partial charge in [-0.2, -0.15) is 0 Å². The van der Waals surface area contributed by atoms with E-state index in [9.17, 15) is 9.59 Å². The average Bonchev–Trinajstić information content (AvgIpc) is 2.29. The van der Waals surface area contributed by atoms with Gasteiger partial charge in [-0.15, -0.1) is 11.8 Å². The lowest BCUT2D eigenvalue weighted by Gasteiger charge is -2.22. The molecule has 1 aromatic rings. The highest BCUT2D eigenvalue weighted by Crippen LogP contribution is 2.38. The van der Waals surface area contributed by atoms with Crippen molar-refractivity contribution in [1.82, 2.24) is 0 Å². The third kappa shape index (κ3) is 1.95. The molecule has 0 spiro atoms. The number of fused-ring (bicyclic) bond motifs is 1. The molecule has 0 saturated heterocycles. The van der Waals surface area contributed by atoms with Crippen LogP contribution in [0, 0.1) is 0 Å². The fourth-order valence-corrected chi connectivity index (χ4v) is 2.89. The molecule has 0 amide bonds. The van der Waals surface area contributed by atoms with Gasteiger partial charge in [0.1, 0.15) is 5.25 Å². The minimum Gasteiger partial charge on any atom is -0.468 e. The van der Waals surface area contributed by atoms with E-state index >= 15 is 0 Å². The van der Waals surface area contributed by atoms with Gasteiger partial charge in [0, 0.05) is 10.6 Å². The Morgan fingerprint density at radius 1 is 1.56 bits per heavy atom. The molecule has 0 saturated carbocycles. The molecule has 84 valence electrons. The third-order valence-corrected chi connectivity index (χ3v) is 3.84. The van der Waals surface area contributed by atoms with Crippen LogP contribution in [0.15, 0.2) is 18.2 Å². The van der Waals surface area contributed by atoms with Crippen molar-refractivity contribution in [3.8, 4) is 0 Å². The number of carbonyl (C=O) groups excluding carboxylic acids is 2. The van der Waals surface area contributed by atoms with Gasteiger partial charge in [-0.1, -0.05) is 17.7 Å². The molecule has 0 bridgehead atoms. The van der Waals surface area contributed by atoms with Crippen molar-refractivity contribution in [3.05, 3.63) is 34.3 Å². The first-order valence-electron chi connectivity index (χ1n) is 4.65. The van der Waals surface area contributed by atoms with Gasteiger partial charge in [0.15, 0.2) is 5.78 Å². The Hall–Kier alpha value is -1.00. The minimum absolute atomic E-state index is 0.00246. The Kier molecular flexibility index (Phi) is 3.21. The number of Topliss-reactive ketones (excluding diaryl/α,β-unsaturated/α-hetero) is 1. The van der Waals surface area contributed by atoms with Crippen molar-refractivity contribution in [2.75, 3.05) is 12.9 Å². The van der Waals surface area contributed by atoms with Crippen LogP contribution in [-0.4, -0.2) is 24.6 Å². The van der Waals surface area contributed by atoms with Gasteiger partial charge in [-0.25, -0.2) is 0 Å². The van der Waals surface area contributed by atoms with E-state index in [-0.39, 0.29) is 17.5 Å². The zero-order valence-electron chi connectivity index (χ0n) is 8.53. The van der Waals surface area contributed by atoms with Crippen LogP contribution in [0.3, 0.4) is 0 Å². The number of rotatable bonds is 1. The second kappa shape index (κ2) is 4.47.